The molecule has 0 bridgehead atoms. The minimum Gasteiger partial charge on any atom is -0.354 e. The second kappa shape index (κ2) is 6.60. The first-order valence-electron chi connectivity index (χ1n) is 5.91. The lowest BCUT2D eigenvalue weighted by molar-refractivity contribution is -0.183. The molecule has 1 saturated heterocycles. The summed E-state index contributed by atoms with van der Waals surface area (Å²) >= 11 is 0. The Labute approximate surface area is 95.7 Å². The number of nitrogens with one attached hydrogen (secondary N) is 1. The Bertz CT molecular complexity index is 169. The van der Waals surface area contributed by atoms with Crippen molar-refractivity contribution in [2.24, 2.45) is 0 Å². The topological polar surface area (TPSA) is 33.7 Å². The van der Waals surface area contributed by atoms with Crippen LogP contribution in [0.25, 0.3) is 0 Å². The first-order chi connectivity index (χ1) is 7.20. The van der Waals surface area contributed by atoms with Crippen molar-refractivity contribution in [1.82, 2.24) is 10.2 Å². The quantitative estimate of drug-likeness (QED) is 0.470. The Kier molecular flexibility index (Phi) is 5.77. The van der Waals surface area contributed by atoms with E-state index in [1.54, 1.807) is 0 Å². The van der Waals surface area contributed by atoms with Crippen LogP contribution in [0.3, 0.4) is 0 Å². The van der Waals surface area contributed by atoms with E-state index in [9.17, 15) is 0 Å². The molecule has 5 heteroatoms. The Hall–Kier alpha value is 0.0569. The largest absolute Gasteiger partial charge is 0.354 e. The van der Waals surface area contributed by atoms with E-state index in [-0.39, 0.29) is 5.41 Å². The van der Waals surface area contributed by atoms with Crippen LogP contribution in [0.1, 0.15) is 13.8 Å². The fourth-order valence-electron chi connectivity index (χ4n) is 2.02. The van der Waals surface area contributed by atoms with Crippen LogP contribution in [0.15, 0.2) is 0 Å². The number of rotatable bonds is 6. The summed E-state index contributed by atoms with van der Waals surface area (Å²) in [6.07, 6.45) is 0. The monoisotopic (exact) mass is 232 g/mol. The maximum absolute atomic E-state index is 5.75. The van der Waals surface area contributed by atoms with Crippen LogP contribution >= 0.6 is 0 Å². The molecular formula is C10H24N2O2Si. The molecule has 1 N–H and O–H groups in total. The van der Waals surface area contributed by atoms with Crippen LogP contribution in [0.4, 0.5) is 0 Å². The standard InChI is InChI=1S/C10H24N2O2Si/c1-3-13-10(15,14-4-2)9-12-7-5-11-6-8-12/h11H,3-9H2,1-2,15H3. The van der Waals surface area contributed by atoms with E-state index in [0.29, 0.717) is 0 Å². The SMILES string of the molecule is CCOC([SiH3])(CN1CCNCC1)OCC. The summed E-state index contributed by atoms with van der Waals surface area (Å²) in [7, 11) is 0.915. The van der Waals surface area contributed by atoms with E-state index in [4.69, 9.17) is 9.47 Å². The van der Waals surface area contributed by atoms with Crippen molar-refractivity contribution in [3.05, 3.63) is 0 Å². The molecule has 15 heavy (non-hydrogen) atoms. The van der Waals surface area contributed by atoms with E-state index in [1.807, 2.05) is 13.8 Å². The Morgan fingerprint density at radius 3 is 2.20 bits per heavy atom. The van der Waals surface area contributed by atoms with Crippen molar-refractivity contribution in [2.75, 3.05) is 45.9 Å². The Balaban J connectivity index is 2.40. The first-order valence-corrected chi connectivity index (χ1v) is 6.91. The van der Waals surface area contributed by atoms with Gasteiger partial charge >= 0.3 is 0 Å². The molecular weight excluding hydrogens is 208 g/mol. The first kappa shape index (κ1) is 13.1. The van der Waals surface area contributed by atoms with Crippen molar-refractivity contribution in [2.45, 2.75) is 19.3 Å². The van der Waals surface area contributed by atoms with Gasteiger partial charge in [0, 0.05) is 45.9 Å². The van der Waals surface area contributed by atoms with Gasteiger partial charge in [0.05, 0.1) is 10.2 Å². The summed E-state index contributed by atoms with van der Waals surface area (Å²) in [5.74, 6) is 0. The molecule has 0 aromatic heterocycles. The van der Waals surface area contributed by atoms with E-state index < -0.39 is 0 Å². The van der Waals surface area contributed by atoms with Gasteiger partial charge in [0.25, 0.3) is 0 Å². The third kappa shape index (κ3) is 4.61. The average Bonchev–Trinajstić information content (AvgIpc) is 2.19. The van der Waals surface area contributed by atoms with Crippen LogP contribution in [0.2, 0.25) is 0 Å². The molecule has 1 aliphatic heterocycles. The predicted octanol–water partition coefficient (Wildman–Crippen LogP) is -1.02. The minimum atomic E-state index is -0.305. The lowest BCUT2D eigenvalue weighted by Crippen LogP contribution is -2.53. The van der Waals surface area contributed by atoms with Gasteiger partial charge in [0.15, 0.2) is 5.41 Å². The van der Waals surface area contributed by atoms with Crippen LogP contribution in [-0.2, 0) is 9.47 Å². The number of nitrogens with zero attached hydrogens (tertiary/aromatic N) is 1. The summed E-state index contributed by atoms with van der Waals surface area (Å²) < 4.78 is 11.5. The molecule has 0 aromatic carbocycles. The summed E-state index contributed by atoms with van der Waals surface area (Å²) in [4.78, 5) is 2.43. The number of hydrogen-bond donors (Lipinski definition) is 1. The summed E-state index contributed by atoms with van der Waals surface area (Å²) in [5.41, 5.74) is -0.305. The number of hydrogen-bond acceptors (Lipinski definition) is 4. The summed E-state index contributed by atoms with van der Waals surface area (Å²) in [6, 6.07) is 0. The number of piperazine rings is 1. The van der Waals surface area contributed by atoms with Gasteiger partial charge in [-0.3, -0.25) is 4.90 Å². The third-order valence-corrected chi connectivity index (χ3v) is 3.51. The molecule has 4 nitrogen and oxygen atoms in total. The smallest absolute Gasteiger partial charge is 0.153 e. The fraction of sp³-hybridized carbons (Fsp3) is 1.00. The molecule has 0 radical (unpaired) electrons. The van der Waals surface area contributed by atoms with Crippen LogP contribution in [0, 0.1) is 0 Å². The van der Waals surface area contributed by atoms with Crippen LogP contribution in [0.5, 0.6) is 0 Å². The summed E-state index contributed by atoms with van der Waals surface area (Å²) in [6.45, 7) is 10.8. The molecule has 0 aliphatic carbocycles. The second-order valence-electron chi connectivity index (χ2n) is 4.03. The second-order valence-corrected chi connectivity index (χ2v) is 5.55. The minimum absolute atomic E-state index is 0.305. The van der Waals surface area contributed by atoms with Crippen molar-refractivity contribution >= 4 is 10.2 Å². The van der Waals surface area contributed by atoms with Gasteiger partial charge < -0.3 is 14.8 Å². The van der Waals surface area contributed by atoms with E-state index in [0.717, 1.165) is 56.2 Å². The maximum Gasteiger partial charge on any atom is 0.153 e. The normalized spacial score (nSPS) is 19.6. The van der Waals surface area contributed by atoms with E-state index in [1.165, 1.54) is 0 Å². The van der Waals surface area contributed by atoms with Gasteiger partial charge in [0.1, 0.15) is 0 Å². The molecule has 1 aliphatic rings. The van der Waals surface area contributed by atoms with Crippen molar-refractivity contribution < 1.29 is 9.47 Å². The van der Waals surface area contributed by atoms with Crippen molar-refractivity contribution in [1.29, 1.82) is 0 Å². The summed E-state index contributed by atoms with van der Waals surface area (Å²) in [5, 5.41) is 3.35. The molecule has 1 fully saturated rings. The highest BCUT2D eigenvalue weighted by molar-refractivity contribution is 6.13. The van der Waals surface area contributed by atoms with Crippen molar-refractivity contribution in [3.8, 4) is 0 Å². The van der Waals surface area contributed by atoms with Crippen LogP contribution < -0.4 is 5.32 Å². The van der Waals surface area contributed by atoms with Gasteiger partial charge in [-0.05, 0) is 13.8 Å². The van der Waals surface area contributed by atoms with Gasteiger partial charge in [-0.2, -0.15) is 0 Å². The molecule has 1 heterocycles. The highest BCUT2D eigenvalue weighted by Gasteiger charge is 2.28. The number of ether oxygens (including phenoxy) is 2. The van der Waals surface area contributed by atoms with Gasteiger partial charge in [0.2, 0.25) is 0 Å². The molecule has 1 rings (SSSR count). The molecule has 0 aromatic rings. The molecule has 0 saturated carbocycles. The fourth-order valence-corrected chi connectivity index (χ4v) is 3.04. The highest BCUT2D eigenvalue weighted by atomic mass is 28.1. The molecule has 90 valence electrons. The van der Waals surface area contributed by atoms with Crippen LogP contribution in [-0.4, -0.2) is 66.5 Å². The van der Waals surface area contributed by atoms with Gasteiger partial charge in [-0.1, -0.05) is 0 Å². The lowest BCUT2D eigenvalue weighted by atomic mass is 10.3. The maximum atomic E-state index is 5.75. The zero-order chi connectivity index (χ0) is 11.1. The van der Waals surface area contributed by atoms with E-state index >= 15 is 0 Å². The van der Waals surface area contributed by atoms with Crippen molar-refractivity contribution in [3.63, 3.8) is 0 Å². The molecule has 0 unspecified atom stereocenters. The lowest BCUT2D eigenvalue weighted by Gasteiger charge is -2.37. The molecule has 0 atom stereocenters. The Morgan fingerprint density at radius 1 is 1.20 bits per heavy atom. The molecule has 0 spiro atoms. The average molecular weight is 232 g/mol. The Morgan fingerprint density at radius 2 is 1.73 bits per heavy atom. The van der Waals surface area contributed by atoms with E-state index in [2.05, 4.69) is 10.2 Å². The zero-order valence-corrected chi connectivity index (χ0v) is 12.2. The van der Waals surface area contributed by atoms with Gasteiger partial charge in [-0.15, -0.1) is 0 Å². The van der Waals surface area contributed by atoms with Gasteiger partial charge in [-0.25, -0.2) is 0 Å². The highest BCUT2D eigenvalue weighted by Crippen LogP contribution is 2.11. The third-order valence-electron chi connectivity index (χ3n) is 2.62. The predicted molar refractivity (Wildman–Crippen MR) is 65.2 cm³/mol. The molecule has 0 amide bonds. The zero-order valence-electron chi connectivity index (χ0n) is 10.2.